The van der Waals surface area contributed by atoms with Crippen molar-refractivity contribution in [2.45, 2.75) is 32.2 Å². The van der Waals surface area contributed by atoms with Gasteiger partial charge in [-0.2, -0.15) is 5.10 Å². The maximum atomic E-state index is 11.4. The fraction of sp³-hybridized carbons (Fsp3) is 0.600. The van der Waals surface area contributed by atoms with Crippen LogP contribution < -0.4 is 5.73 Å². The van der Waals surface area contributed by atoms with Crippen LogP contribution in [-0.2, 0) is 18.3 Å². The average molecular weight is 195 g/mol. The largest absolute Gasteiger partial charge is 0.328 e. The summed E-state index contributed by atoms with van der Waals surface area (Å²) in [4.78, 5) is 11.4. The van der Waals surface area contributed by atoms with Crippen LogP contribution in [0.5, 0.6) is 0 Å². The average Bonchev–Trinajstić information content (AvgIpc) is 2.46. The Bertz CT molecular complexity index is 304. The fourth-order valence-corrected chi connectivity index (χ4v) is 1.38. The molecule has 0 radical (unpaired) electrons. The maximum absolute atomic E-state index is 11.4. The van der Waals surface area contributed by atoms with Crippen LogP contribution in [-0.4, -0.2) is 21.6 Å². The number of ketones is 1. The molecule has 0 aromatic carbocycles. The fourth-order valence-electron chi connectivity index (χ4n) is 1.38. The lowest BCUT2D eigenvalue weighted by Crippen LogP contribution is -2.19. The first-order valence-electron chi connectivity index (χ1n) is 4.83. The highest BCUT2D eigenvalue weighted by Crippen LogP contribution is 2.03. The summed E-state index contributed by atoms with van der Waals surface area (Å²) in [6, 6.07) is 1.90. The van der Waals surface area contributed by atoms with Gasteiger partial charge in [-0.05, 0) is 19.4 Å². The molecule has 2 N–H and O–H groups in total. The van der Waals surface area contributed by atoms with Gasteiger partial charge in [-0.3, -0.25) is 9.48 Å². The molecule has 78 valence electrons. The number of aryl methyl sites for hydroxylation is 2. The van der Waals surface area contributed by atoms with E-state index < -0.39 is 0 Å². The summed E-state index contributed by atoms with van der Waals surface area (Å²) in [6.07, 6.45) is 3.52. The van der Waals surface area contributed by atoms with Gasteiger partial charge in [-0.15, -0.1) is 0 Å². The second-order valence-corrected chi connectivity index (χ2v) is 3.67. The van der Waals surface area contributed by atoms with Crippen LogP contribution in [0.4, 0.5) is 0 Å². The molecule has 0 saturated carbocycles. The zero-order valence-corrected chi connectivity index (χ0v) is 8.73. The molecule has 0 spiro atoms. The first-order chi connectivity index (χ1) is 6.59. The molecule has 14 heavy (non-hydrogen) atoms. The predicted molar refractivity (Wildman–Crippen MR) is 54.8 cm³/mol. The van der Waals surface area contributed by atoms with E-state index in [0.29, 0.717) is 12.8 Å². The second-order valence-electron chi connectivity index (χ2n) is 3.67. The molecular weight excluding hydrogens is 178 g/mol. The van der Waals surface area contributed by atoms with Gasteiger partial charge in [0.1, 0.15) is 5.78 Å². The molecule has 1 aromatic rings. The quantitative estimate of drug-likeness (QED) is 0.750. The van der Waals surface area contributed by atoms with Gasteiger partial charge >= 0.3 is 0 Å². The molecule has 1 heterocycles. The first-order valence-corrected chi connectivity index (χ1v) is 4.83. The van der Waals surface area contributed by atoms with Gasteiger partial charge in [0.05, 0.1) is 0 Å². The third kappa shape index (κ3) is 3.30. The molecule has 0 saturated heterocycles. The predicted octanol–water partition coefficient (Wildman–Crippen LogP) is 0.659. The molecule has 0 fully saturated rings. The summed E-state index contributed by atoms with van der Waals surface area (Å²) in [5, 5.41) is 4.04. The molecule has 1 atom stereocenters. The lowest BCUT2D eigenvalue weighted by atomic mass is 10.1. The van der Waals surface area contributed by atoms with Gasteiger partial charge in [-0.25, -0.2) is 0 Å². The van der Waals surface area contributed by atoms with Crippen molar-refractivity contribution in [1.82, 2.24) is 9.78 Å². The highest BCUT2D eigenvalue weighted by atomic mass is 16.1. The second kappa shape index (κ2) is 4.91. The van der Waals surface area contributed by atoms with E-state index in [2.05, 4.69) is 5.10 Å². The van der Waals surface area contributed by atoms with Crippen molar-refractivity contribution < 1.29 is 4.79 Å². The summed E-state index contributed by atoms with van der Waals surface area (Å²) < 4.78 is 1.79. The zero-order chi connectivity index (χ0) is 10.6. The Morgan fingerprint density at radius 3 is 2.93 bits per heavy atom. The monoisotopic (exact) mass is 195 g/mol. The van der Waals surface area contributed by atoms with Crippen LogP contribution in [0.2, 0.25) is 0 Å². The summed E-state index contributed by atoms with van der Waals surface area (Å²) in [5.41, 5.74) is 6.62. The Balaban J connectivity index is 2.34. The Kier molecular flexibility index (Phi) is 3.83. The Labute approximate surface area is 84.1 Å². The van der Waals surface area contributed by atoms with Gasteiger partial charge in [0, 0.05) is 37.8 Å². The van der Waals surface area contributed by atoms with Crippen LogP contribution in [0.25, 0.3) is 0 Å². The molecule has 0 bridgehead atoms. The number of nitrogens with zero attached hydrogens (tertiary/aromatic N) is 2. The van der Waals surface area contributed by atoms with Crippen LogP contribution in [0.1, 0.15) is 25.5 Å². The van der Waals surface area contributed by atoms with Crippen LogP contribution in [0, 0.1) is 0 Å². The smallest absolute Gasteiger partial charge is 0.134 e. The summed E-state index contributed by atoms with van der Waals surface area (Å²) in [6.45, 7) is 1.85. The molecule has 1 aromatic heterocycles. The molecular formula is C10H17N3O. The third-order valence-corrected chi connectivity index (χ3v) is 2.13. The number of Topliss-reactive ketones (excluding diaryl/α,β-unsaturated/α-hetero) is 1. The summed E-state index contributed by atoms with van der Waals surface area (Å²) in [5.74, 6) is 0.223. The van der Waals surface area contributed by atoms with Crippen molar-refractivity contribution in [3.8, 4) is 0 Å². The van der Waals surface area contributed by atoms with Gasteiger partial charge in [0.15, 0.2) is 0 Å². The maximum Gasteiger partial charge on any atom is 0.134 e. The third-order valence-electron chi connectivity index (χ3n) is 2.13. The van der Waals surface area contributed by atoms with Crippen molar-refractivity contribution in [3.05, 3.63) is 18.0 Å². The molecule has 0 aliphatic heterocycles. The standard InChI is InChI=1S/C10H17N3O/c1-8(11)7-10(14)4-3-9-5-6-12-13(9)2/h5-6,8H,3-4,7,11H2,1-2H3. The number of nitrogens with two attached hydrogens (primary N) is 1. The Morgan fingerprint density at radius 2 is 2.43 bits per heavy atom. The van der Waals surface area contributed by atoms with E-state index in [-0.39, 0.29) is 11.8 Å². The van der Waals surface area contributed by atoms with Crippen molar-refractivity contribution in [2.75, 3.05) is 0 Å². The zero-order valence-electron chi connectivity index (χ0n) is 8.73. The van der Waals surface area contributed by atoms with Gasteiger partial charge in [-0.1, -0.05) is 0 Å². The lowest BCUT2D eigenvalue weighted by Gasteiger charge is -2.04. The highest BCUT2D eigenvalue weighted by Gasteiger charge is 2.06. The lowest BCUT2D eigenvalue weighted by molar-refractivity contribution is -0.119. The molecule has 0 aliphatic carbocycles. The van der Waals surface area contributed by atoms with Crippen LogP contribution in [0.15, 0.2) is 12.3 Å². The number of carbonyl (C=O) groups excluding carboxylic acids is 1. The van der Waals surface area contributed by atoms with E-state index >= 15 is 0 Å². The van der Waals surface area contributed by atoms with Crippen molar-refractivity contribution in [2.24, 2.45) is 12.8 Å². The Morgan fingerprint density at radius 1 is 1.71 bits per heavy atom. The molecule has 4 heteroatoms. The van der Waals surface area contributed by atoms with Crippen LogP contribution in [0.3, 0.4) is 0 Å². The molecule has 0 aliphatic rings. The number of hydrogen-bond acceptors (Lipinski definition) is 3. The number of aromatic nitrogens is 2. The van der Waals surface area contributed by atoms with Gasteiger partial charge < -0.3 is 5.73 Å². The molecule has 4 nitrogen and oxygen atoms in total. The minimum absolute atomic E-state index is 0.0333. The van der Waals surface area contributed by atoms with E-state index in [1.807, 2.05) is 20.0 Å². The minimum atomic E-state index is -0.0333. The molecule has 1 rings (SSSR count). The minimum Gasteiger partial charge on any atom is -0.328 e. The van der Waals surface area contributed by atoms with Gasteiger partial charge in [0.2, 0.25) is 0 Å². The summed E-state index contributed by atoms with van der Waals surface area (Å²) in [7, 11) is 1.88. The highest BCUT2D eigenvalue weighted by molar-refractivity contribution is 5.79. The van der Waals surface area contributed by atoms with Crippen molar-refractivity contribution >= 4 is 5.78 Å². The number of carbonyl (C=O) groups is 1. The first kappa shape index (κ1) is 10.9. The van der Waals surface area contributed by atoms with E-state index in [0.717, 1.165) is 12.1 Å². The van der Waals surface area contributed by atoms with Crippen molar-refractivity contribution in [1.29, 1.82) is 0 Å². The number of rotatable bonds is 5. The normalized spacial score (nSPS) is 12.8. The van der Waals surface area contributed by atoms with E-state index in [9.17, 15) is 4.79 Å². The van der Waals surface area contributed by atoms with E-state index in [1.165, 1.54) is 0 Å². The Hall–Kier alpha value is -1.16. The summed E-state index contributed by atoms with van der Waals surface area (Å²) >= 11 is 0. The van der Waals surface area contributed by atoms with Crippen LogP contribution >= 0.6 is 0 Å². The molecule has 1 unspecified atom stereocenters. The van der Waals surface area contributed by atoms with E-state index in [4.69, 9.17) is 5.73 Å². The topological polar surface area (TPSA) is 60.9 Å². The van der Waals surface area contributed by atoms with Crippen molar-refractivity contribution in [3.63, 3.8) is 0 Å². The SMILES string of the molecule is CC(N)CC(=O)CCc1ccnn1C. The molecule has 0 amide bonds. The number of hydrogen-bond donors (Lipinski definition) is 1. The van der Waals surface area contributed by atoms with Gasteiger partial charge in [0.25, 0.3) is 0 Å². The van der Waals surface area contributed by atoms with E-state index in [1.54, 1.807) is 10.9 Å².